The zero-order valence-corrected chi connectivity index (χ0v) is 16.1. The Kier molecular flexibility index (Phi) is 7.45. The number of allylic oxidation sites excluding steroid dienone is 1. The maximum absolute atomic E-state index is 11.9. The summed E-state index contributed by atoms with van der Waals surface area (Å²) in [6.07, 6.45) is 4.41. The van der Waals surface area contributed by atoms with Crippen molar-refractivity contribution in [1.82, 2.24) is 5.43 Å². The van der Waals surface area contributed by atoms with E-state index in [1.54, 1.807) is 24.3 Å². The van der Waals surface area contributed by atoms with Crippen LogP contribution in [0.3, 0.4) is 0 Å². The van der Waals surface area contributed by atoms with E-state index < -0.39 is 10.8 Å². The SMILES string of the molecule is Cc1ccc(C(C)C)c(OCC(=O)N/N=C/C=C/c2ccccc2[N+](=O)[O-])c1. The number of nitrogens with zero attached hydrogens (tertiary/aromatic N) is 2. The highest BCUT2D eigenvalue weighted by molar-refractivity contribution is 5.82. The maximum atomic E-state index is 11.9. The number of hydrazone groups is 1. The number of carbonyl (C=O) groups excluding carboxylic acids is 1. The minimum atomic E-state index is -0.452. The van der Waals surface area contributed by atoms with E-state index in [1.807, 2.05) is 25.1 Å². The highest BCUT2D eigenvalue weighted by atomic mass is 16.6. The summed E-state index contributed by atoms with van der Waals surface area (Å²) >= 11 is 0. The van der Waals surface area contributed by atoms with Gasteiger partial charge in [0.25, 0.3) is 11.6 Å². The fourth-order valence-electron chi connectivity index (χ4n) is 2.51. The number of benzene rings is 2. The fraction of sp³-hybridized carbons (Fsp3) is 0.238. The van der Waals surface area contributed by atoms with Crippen LogP contribution in [0.25, 0.3) is 6.08 Å². The second-order valence-corrected chi connectivity index (χ2v) is 6.47. The van der Waals surface area contributed by atoms with Crippen molar-refractivity contribution in [2.24, 2.45) is 5.10 Å². The first-order valence-electron chi connectivity index (χ1n) is 8.84. The van der Waals surface area contributed by atoms with Gasteiger partial charge in [-0.05, 0) is 48.3 Å². The van der Waals surface area contributed by atoms with Crippen LogP contribution in [0.15, 0.2) is 53.6 Å². The lowest BCUT2D eigenvalue weighted by Gasteiger charge is -2.14. The third-order valence-corrected chi connectivity index (χ3v) is 3.91. The summed E-state index contributed by atoms with van der Waals surface area (Å²) in [5.74, 6) is 0.570. The molecule has 1 N–H and O–H groups in total. The van der Waals surface area contributed by atoms with Crippen molar-refractivity contribution in [1.29, 1.82) is 0 Å². The standard InChI is InChI=1S/C21H23N3O4/c1-15(2)18-11-10-16(3)13-20(18)28-14-21(25)23-22-12-6-8-17-7-4-5-9-19(17)24(26)27/h4-13,15H,14H2,1-3H3,(H,23,25)/b8-6+,22-12+. The summed E-state index contributed by atoms with van der Waals surface area (Å²) < 4.78 is 5.63. The van der Waals surface area contributed by atoms with Gasteiger partial charge in [-0.25, -0.2) is 5.43 Å². The summed E-state index contributed by atoms with van der Waals surface area (Å²) in [6, 6.07) is 12.3. The second kappa shape index (κ2) is 10.0. The van der Waals surface area contributed by atoms with Crippen molar-refractivity contribution >= 4 is 23.9 Å². The number of amides is 1. The molecule has 2 rings (SSSR count). The molecule has 7 nitrogen and oxygen atoms in total. The van der Waals surface area contributed by atoms with Gasteiger partial charge in [0.2, 0.25) is 0 Å². The molecule has 0 unspecified atom stereocenters. The maximum Gasteiger partial charge on any atom is 0.277 e. The molecule has 0 heterocycles. The molecular formula is C21H23N3O4. The molecule has 2 aromatic carbocycles. The lowest BCUT2D eigenvalue weighted by Crippen LogP contribution is -2.24. The molecule has 2 aromatic rings. The van der Waals surface area contributed by atoms with Crippen molar-refractivity contribution in [2.75, 3.05) is 6.61 Å². The van der Waals surface area contributed by atoms with Crippen LogP contribution in [0, 0.1) is 17.0 Å². The Hall–Kier alpha value is -3.48. The number of para-hydroxylation sites is 1. The van der Waals surface area contributed by atoms with Gasteiger partial charge in [-0.1, -0.05) is 38.1 Å². The van der Waals surface area contributed by atoms with Crippen molar-refractivity contribution in [3.05, 3.63) is 75.3 Å². The van der Waals surface area contributed by atoms with Gasteiger partial charge >= 0.3 is 0 Å². The molecule has 28 heavy (non-hydrogen) atoms. The van der Waals surface area contributed by atoms with Crippen LogP contribution >= 0.6 is 0 Å². The van der Waals surface area contributed by atoms with E-state index in [9.17, 15) is 14.9 Å². The minimum absolute atomic E-state index is 0.00342. The Morgan fingerprint density at radius 2 is 2.04 bits per heavy atom. The van der Waals surface area contributed by atoms with Crippen LogP contribution in [-0.4, -0.2) is 23.7 Å². The molecule has 0 aliphatic rings. The van der Waals surface area contributed by atoms with Gasteiger partial charge in [-0.2, -0.15) is 5.10 Å². The van der Waals surface area contributed by atoms with Gasteiger partial charge in [-0.15, -0.1) is 0 Å². The lowest BCUT2D eigenvalue weighted by atomic mass is 10.0. The first-order chi connectivity index (χ1) is 13.4. The summed E-state index contributed by atoms with van der Waals surface area (Å²) in [4.78, 5) is 22.4. The predicted molar refractivity (Wildman–Crippen MR) is 110 cm³/mol. The summed E-state index contributed by atoms with van der Waals surface area (Å²) in [5, 5.41) is 14.7. The molecular weight excluding hydrogens is 358 g/mol. The normalized spacial score (nSPS) is 11.3. The molecule has 0 aromatic heterocycles. The number of nitrogens with one attached hydrogen (secondary N) is 1. The van der Waals surface area contributed by atoms with Gasteiger partial charge < -0.3 is 4.74 Å². The Labute approximate surface area is 163 Å². The number of aryl methyl sites for hydroxylation is 1. The molecule has 0 atom stereocenters. The van der Waals surface area contributed by atoms with Crippen LogP contribution in [0.5, 0.6) is 5.75 Å². The van der Waals surface area contributed by atoms with E-state index in [0.717, 1.165) is 11.1 Å². The van der Waals surface area contributed by atoms with Gasteiger partial charge in [0.15, 0.2) is 6.61 Å². The average molecular weight is 381 g/mol. The third kappa shape index (κ3) is 6.05. The Morgan fingerprint density at radius 3 is 2.75 bits per heavy atom. The molecule has 0 saturated carbocycles. The van der Waals surface area contributed by atoms with Crippen LogP contribution < -0.4 is 10.2 Å². The van der Waals surface area contributed by atoms with Gasteiger partial charge in [-0.3, -0.25) is 14.9 Å². The van der Waals surface area contributed by atoms with Crippen molar-refractivity contribution in [3.63, 3.8) is 0 Å². The molecule has 0 saturated heterocycles. The largest absolute Gasteiger partial charge is 0.483 e. The molecule has 0 fully saturated rings. The van der Waals surface area contributed by atoms with Crippen LogP contribution in [0.2, 0.25) is 0 Å². The quantitative estimate of drug-likeness (QED) is 0.421. The van der Waals surface area contributed by atoms with Crippen molar-refractivity contribution < 1.29 is 14.5 Å². The summed E-state index contributed by atoms with van der Waals surface area (Å²) in [6.45, 7) is 5.93. The van der Waals surface area contributed by atoms with E-state index in [-0.39, 0.29) is 18.2 Å². The van der Waals surface area contributed by atoms with Crippen molar-refractivity contribution in [3.8, 4) is 5.75 Å². The number of hydrogen-bond acceptors (Lipinski definition) is 5. The first-order valence-corrected chi connectivity index (χ1v) is 8.84. The minimum Gasteiger partial charge on any atom is -0.483 e. The topological polar surface area (TPSA) is 93.8 Å². The monoisotopic (exact) mass is 381 g/mol. The Balaban J connectivity index is 1.88. The van der Waals surface area contributed by atoms with E-state index in [2.05, 4.69) is 24.4 Å². The third-order valence-electron chi connectivity index (χ3n) is 3.91. The smallest absolute Gasteiger partial charge is 0.277 e. The van der Waals surface area contributed by atoms with Gasteiger partial charge in [0, 0.05) is 12.3 Å². The highest BCUT2D eigenvalue weighted by Gasteiger charge is 2.10. The zero-order valence-electron chi connectivity index (χ0n) is 16.1. The Morgan fingerprint density at radius 1 is 1.29 bits per heavy atom. The summed E-state index contributed by atoms with van der Waals surface area (Å²) in [5.41, 5.74) is 4.91. The van der Waals surface area contributed by atoms with E-state index in [0.29, 0.717) is 11.3 Å². The van der Waals surface area contributed by atoms with Crippen LogP contribution in [-0.2, 0) is 4.79 Å². The lowest BCUT2D eigenvalue weighted by molar-refractivity contribution is -0.385. The Bertz CT molecular complexity index is 904. The molecule has 0 spiro atoms. The molecule has 0 radical (unpaired) electrons. The number of nitro groups is 1. The first kappa shape index (κ1) is 20.8. The van der Waals surface area contributed by atoms with Crippen LogP contribution in [0.1, 0.15) is 36.5 Å². The molecule has 7 heteroatoms. The van der Waals surface area contributed by atoms with Crippen LogP contribution in [0.4, 0.5) is 5.69 Å². The number of rotatable bonds is 8. The predicted octanol–water partition coefficient (Wildman–Crippen LogP) is 4.22. The van der Waals surface area contributed by atoms with E-state index in [1.165, 1.54) is 18.4 Å². The average Bonchev–Trinajstić information content (AvgIpc) is 2.66. The zero-order chi connectivity index (χ0) is 20.5. The van der Waals surface area contributed by atoms with Crippen molar-refractivity contribution in [2.45, 2.75) is 26.7 Å². The highest BCUT2D eigenvalue weighted by Crippen LogP contribution is 2.27. The number of hydrogen-bond donors (Lipinski definition) is 1. The number of nitro benzene ring substituents is 1. The molecule has 0 aliphatic carbocycles. The number of carbonyl (C=O) groups is 1. The molecule has 146 valence electrons. The van der Waals surface area contributed by atoms with E-state index in [4.69, 9.17) is 4.74 Å². The van der Waals surface area contributed by atoms with Gasteiger partial charge in [0.05, 0.1) is 10.5 Å². The second-order valence-electron chi connectivity index (χ2n) is 6.47. The number of ether oxygens (including phenoxy) is 1. The fourth-order valence-corrected chi connectivity index (χ4v) is 2.51. The summed E-state index contributed by atoms with van der Waals surface area (Å²) in [7, 11) is 0. The molecule has 1 amide bonds. The molecule has 0 bridgehead atoms. The van der Waals surface area contributed by atoms with Gasteiger partial charge in [0.1, 0.15) is 5.75 Å². The molecule has 0 aliphatic heterocycles. The van der Waals surface area contributed by atoms with E-state index >= 15 is 0 Å².